The molecule has 4 nitrogen and oxygen atoms in total. The van der Waals surface area contributed by atoms with Gasteiger partial charge in [0.2, 0.25) is 0 Å². The number of nitrogens with zero attached hydrogens (tertiary/aromatic N) is 3. The first-order valence-electron chi connectivity index (χ1n) is 3.31. The Hall–Kier alpha value is -1.15. The van der Waals surface area contributed by atoms with E-state index in [2.05, 4.69) is 10.0 Å². The van der Waals surface area contributed by atoms with Gasteiger partial charge >= 0.3 is 0 Å². The van der Waals surface area contributed by atoms with Crippen molar-refractivity contribution in [1.82, 2.24) is 0 Å². The standard InChI is InChI=1S/C7H13N3O/c1-7(2,3)6(5-11-4)9-10-8/h5H,1-4H3/b6-5+. The lowest BCUT2D eigenvalue weighted by Crippen LogP contribution is -2.07. The molecule has 0 aromatic heterocycles. The number of allylic oxidation sites excluding steroid dienone is 1. The molecule has 0 aromatic rings. The molecule has 0 amide bonds. The molecule has 0 N–H and O–H groups in total. The Bertz CT molecular complexity index is 196. The second-order valence-corrected chi connectivity index (χ2v) is 3.18. The third kappa shape index (κ3) is 3.53. The van der Waals surface area contributed by atoms with Gasteiger partial charge < -0.3 is 4.74 Å². The Labute approximate surface area is 66.5 Å². The summed E-state index contributed by atoms with van der Waals surface area (Å²) in [5, 5.41) is 3.50. The van der Waals surface area contributed by atoms with Gasteiger partial charge in [-0.3, -0.25) is 0 Å². The summed E-state index contributed by atoms with van der Waals surface area (Å²) in [6.45, 7) is 5.85. The van der Waals surface area contributed by atoms with Gasteiger partial charge in [-0.25, -0.2) is 0 Å². The van der Waals surface area contributed by atoms with Crippen molar-refractivity contribution in [2.24, 2.45) is 10.5 Å². The lowest BCUT2D eigenvalue weighted by molar-refractivity contribution is 0.320. The van der Waals surface area contributed by atoms with Gasteiger partial charge in [-0.1, -0.05) is 25.9 Å². The average Bonchev–Trinajstić information content (AvgIpc) is 1.85. The van der Waals surface area contributed by atoms with Crippen molar-refractivity contribution in [1.29, 1.82) is 0 Å². The fourth-order valence-corrected chi connectivity index (χ4v) is 0.510. The van der Waals surface area contributed by atoms with Crippen LogP contribution in [0.4, 0.5) is 0 Å². The molecule has 0 aliphatic heterocycles. The zero-order valence-corrected chi connectivity index (χ0v) is 7.33. The minimum Gasteiger partial charge on any atom is -0.504 e. The van der Waals surface area contributed by atoms with Crippen molar-refractivity contribution >= 4 is 0 Å². The fourth-order valence-electron chi connectivity index (χ4n) is 0.510. The number of rotatable bonds is 2. The van der Waals surface area contributed by atoms with Crippen LogP contribution in [0, 0.1) is 5.41 Å². The highest BCUT2D eigenvalue weighted by Crippen LogP contribution is 2.25. The molecular formula is C7H13N3O. The molecule has 0 saturated carbocycles. The largest absolute Gasteiger partial charge is 0.504 e. The predicted octanol–water partition coefficient (Wildman–Crippen LogP) is 2.83. The highest BCUT2D eigenvalue weighted by molar-refractivity contribution is 5.05. The minimum absolute atomic E-state index is 0.164. The van der Waals surface area contributed by atoms with Crippen molar-refractivity contribution in [2.45, 2.75) is 20.8 Å². The van der Waals surface area contributed by atoms with Crippen LogP contribution >= 0.6 is 0 Å². The van der Waals surface area contributed by atoms with Crippen LogP contribution in [-0.4, -0.2) is 7.11 Å². The van der Waals surface area contributed by atoms with Gasteiger partial charge in [-0.15, -0.1) is 0 Å². The molecule has 4 heteroatoms. The van der Waals surface area contributed by atoms with Gasteiger partial charge in [0.05, 0.1) is 19.1 Å². The molecule has 0 spiro atoms. The molecule has 62 valence electrons. The van der Waals surface area contributed by atoms with E-state index in [0.29, 0.717) is 5.70 Å². The van der Waals surface area contributed by atoms with Crippen molar-refractivity contribution in [3.05, 3.63) is 22.4 Å². The van der Waals surface area contributed by atoms with Crippen molar-refractivity contribution in [3.63, 3.8) is 0 Å². The van der Waals surface area contributed by atoms with Crippen molar-refractivity contribution in [3.8, 4) is 0 Å². The minimum atomic E-state index is -0.164. The summed E-state index contributed by atoms with van der Waals surface area (Å²) >= 11 is 0. The predicted molar refractivity (Wildman–Crippen MR) is 43.7 cm³/mol. The third-order valence-corrected chi connectivity index (χ3v) is 1.15. The lowest BCUT2D eigenvalue weighted by atomic mass is 9.93. The van der Waals surface area contributed by atoms with Gasteiger partial charge in [0.1, 0.15) is 0 Å². The quantitative estimate of drug-likeness (QED) is 0.262. The Kier molecular flexibility index (Phi) is 3.48. The molecule has 0 aliphatic rings. The van der Waals surface area contributed by atoms with E-state index in [-0.39, 0.29) is 5.41 Å². The molecular weight excluding hydrogens is 142 g/mol. The molecule has 0 unspecified atom stereocenters. The molecule has 0 radical (unpaired) electrons. The van der Waals surface area contributed by atoms with E-state index in [1.807, 2.05) is 20.8 Å². The zero-order valence-electron chi connectivity index (χ0n) is 7.33. The Morgan fingerprint density at radius 3 is 2.36 bits per heavy atom. The molecule has 0 aromatic carbocycles. The molecule has 11 heavy (non-hydrogen) atoms. The maximum atomic E-state index is 8.19. The summed E-state index contributed by atoms with van der Waals surface area (Å²) in [6.07, 6.45) is 1.46. The van der Waals surface area contributed by atoms with Gasteiger partial charge in [0.25, 0.3) is 0 Å². The zero-order chi connectivity index (χ0) is 8.91. The van der Waals surface area contributed by atoms with Crippen molar-refractivity contribution in [2.75, 3.05) is 7.11 Å². The second-order valence-electron chi connectivity index (χ2n) is 3.18. The summed E-state index contributed by atoms with van der Waals surface area (Å²) in [4.78, 5) is 2.70. The monoisotopic (exact) mass is 155 g/mol. The first kappa shape index (κ1) is 9.85. The van der Waals surface area contributed by atoms with Crippen LogP contribution in [-0.2, 0) is 4.74 Å². The third-order valence-electron chi connectivity index (χ3n) is 1.15. The van der Waals surface area contributed by atoms with Crippen molar-refractivity contribution < 1.29 is 4.74 Å². The SMILES string of the molecule is CO/C=C(/N=[N+]=[N-])C(C)(C)C. The van der Waals surface area contributed by atoms with Crippen LogP contribution in [0.3, 0.4) is 0 Å². The number of ether oxygens (including phenoxy) is 1. The van der Waals surface area contributed by atoms with Gasteiger partial charge in [0.15, 0.2) is 0 Å². The van der Waals surface area contributed by atoms with Crippen LogP contribution in [0.1, 0.15) is 20.8 Å². The van der Waals surface area contributed by atoms with Crippen LogP contribution in [0.25, 0.3) is 10.4 Å². The Morgan fingerprint density at radius 2 is 2.09 bits per heavy atom. The van der Waals surface area contributed by atoms with Gasteiger partial charge in [0, 0.05) is 4.91 Å². The van der Waals surface area contributed by atoms with E-state index in [0.717, 1.165) is 0 Å². The first-order valence-corrected chi connectivity index (χ1v) is 3.31. The maximum Gasteiger partial charge on any atom is 0.0885 e. The normalized spacial score (nSPS) is 12.2. The van der Waals surface area contributed by atoms with E-state index >= 15 is 0 Å². The Morgan fingerprint density at radius 1 is 1.55 bits per heavy atom. The van der Waals surface area contributed by atoms with Crippen LogP contribution in [0.5, 0.6) is 0 Å². The lowest BCUT2D eigenvalue weighted by Gasteiger charge is -2.17. The molecule has 0 heterocycles. The fraction of sp³-hybridized carbons (Fsp3) is 0.714. The number of methoxy groups -OCH3 is 1. The average molecular weight is 155 g/mol. The number of azide groups is 1. The summed E-state index contributed by atoms with van der Waals surface area (Å²) < 4.78 is 4.76. The van der Waals surface area contributed by atoms with E-state index in [4.69, 9.17) is 10.3 Å². The molecule has 0 fully saturated rings. The summed E-state index contributed by atoms with van der Waals surface area (Å²) in [5.41, 5.74) is 8.62. The molecule has 0 saturated heterocycles. The molecule has 0 rings (SSSR count). The highest BCUT2D eigenvalue weighted by Gasteiger charge is 2.15. The number of hydrogen-bond acceptors (Lipinski definition) is 2. The smallest absolute Gasteiger partial charge is 0.0885 e. The summed E-state index contributed by atoms with van der Waals surface area (Å²) in [5.74, 6) is 0. The van der Waals surface area contributed by atoms with Gasteiger partial charge in [-0.2, -0.15) is 0 Å². The Balaban J connectivity index is 4.61. The molecule has 0 bridgehead atoms. The van der Waals surface area contributed by atoms with E-state index in [1.165, 1.54) is 13.4 Å². The van der Waals surface area contributed by atoms with Gasteiger partial charge in [-0.05, 0) is 10.9 Å². The van der Waals surface area contributed by atoms with E-state index < -0.39 is 0 Å². The van der Waals surface area contributed by atoms with Crippen LogP contribution < -0.4 is 0 Å². The number of hydrogen-bond donors (Lipinski definition) is 0. The van der Waals surface area contributed by atoms with Crippen LogP contribution in [0.2, 0.25) is 0 Å². The second kappa shape index (κ2) is 3.88. The van der Waals surface area contributed by atoms with E-state index in [9.17, 15) is 0 Å². The molecule has 0 aliphatic carbocycles. The topological polar surface area (TPSA) is 58.0 Å². The molecule has 0 atom stereocenters. The van der Waals surface area contributed by atoms with E-state index in [1.54, 1.807) is 0 Å². The summed E-state index contributed by atoms with van der Waals surface area (Å²) in [7, 11) is 1.53. The maximum absolute atomic E-state index is 8.19. The van der Waals surface area contributed by atoms with Crippen LogP contribution in [0.15, 0.2) is 17.1 Å². The first-order chi connectivity index (χ1) is 5.02. The highest BCUT2D eigenvalue weighted by atomic mass is 16.5. The summed E-state index contributed by atoms with van der Waals surface area (Å²) in [6, 6.07) is 0.